The van der Waals surface area contributed by atoms with Crippen molar-refractivity contribution in [3.63, 3.8) is 0 Å². The molecule has 1 spiro atoms. The Hall–Kier alpha value is -0.785. The topological polar surface area (TPSA) is 36.3 Å². The van der Waals surface area contributed by atoms with Crippen molar-refractivity contribution >= 4 is 7.05 Å². The van der Waals surface area contributed by atoms with E-state index in [-0.39, 0.29) is 12.7 Å². The van der Waals surface area contributed by atoms with Gasteiger partial charge in [0.05, 0.1) is 11.7 Å². The molecule has 0 N–H and O–H groups in total. The lowest BCUT2D eigenvalue weighted by Crippen LogP contribution is -2.50. The molecule has 23 heavy (non-hydrogen) atoms. The van der Waals surface area contributed by atoms with E-state index < -0.39 is 0 Å². The quantitative estimate of drug-likeness (QED) is 0.536. The lowest BCUT2D eigenvalue weighted by molar-refractivity contribution is 0.0350. The Morgan fingerprint density at radius 2 is 1.83 bits per heavy atom. The zero-order valence-electron chi connectivity index (χ0n) is 15.7. The standard InChI is InChI=1S/C19H33BN2O/c1-6-10-17(14-21)18-13-19(11-8-7-9-12-19)23-20(18)22(15(2)3)16(4)5/h15-16H,6-13H2,1-5H3/b18-17+. The second-order valence-corrected chi connectivity index (χ2v) is 7.89. The Balaban J connectivity index is 2.40. The summed E-state index contributed by atoms with van der Waals surface area (Å²) < 4.78 is 6.73. The highest BCUT2D eigenvalue weighted by molar-refractivity contribution is 6.59. The molecule has 2 fully saturated rings. The van der Waals surface area contributed by atoms with E-state index in [0.29, 0.717) is 12.1 Å². The van der Waals surface area contributed by atoms with Crippen LogP contribution in [0.4, 0.5) is 0 Å². The molecule has 0 aromatic heterocycles. The molecule has 0 amide bonds. The molecule has 2 rings (SSSR count). The monoisotopic (exact) mass is 316 g/mol. The Morgan fingerprint density at radius 1 is 1.22 bits per heavy atom. The first-order chi connectivity index (χ1) is 10.9. The molecule has 0 bridgehead atoms. The molecular formula is C19H33BN2O. The fraction of sp³-hybridized carbons (Fsp3) is 0.842. The normalized spacial score (nSPS) is 23.2. The molecule has 1 saturated heterocycles. The van der Waals surface area contributed by atoms with E-state index in [9.17, 15) is 5.26 Å². The van der Waals surface area contributed by atoms with Crippen molar-refractivity contribution in [3.8, 4) is 6.07 Å². The van der Waals surface area contributed by atoms with Gasteiger partial charge in [0, 0.05) is 5.57 Å². The third kappa shape index (κ3) is 4.01. The lowest BCUT2D eigenvalue weighted by Gasteiger charge is -2.37. The van der Waals surface area contributed by atoms with Crippen LogP contribution in [0.5, 0.6) is 0 Å². The maximum absolute atomic E-state index is 9.70. The minimum absolute atomic E-state index is 0.00385. The van der Waals surface area contributed by atoms with Gasteiger partial charge in [0.1, 0.15) is 0 Å². The number of allylic oxidation sites excluding steroid dienone is 1. The van der Waals surface area contributed by atoms with Crippen molar-refractivity contribution in [2.24, 2.45) is 0 Å². The summed E-state index contributed by atoms with van der Waals surface area (Å²) in [5.74, 6) is 0. The molecule has 0 radical (unpaired) electrons. The van der Waals surface area contributed by atoms with Crippen LogP contribution >= 0.6 is 0 Å². The molecule has 0 atom stereocenters. The van der Waals surface area contributed by atoms with E-state index in [2.05, 4.69) is 45.5 Å². The fourth-order valence-corrected chi connectivity index (χ4v) is 4.45. The van der Waals surface area contributed by atoms with Gasteiger partial charge in [0.25, 0.3) is 0 Å². The Kier molecular flexibility index (Phi) is 6.34. The summed E-state index contributed by atoms with van der Waals surface area (Å²) in [7, 11) is -0.00528. The highest BCUT2D eigenvalue weighted by Crippen LogP contribution is 2.45. The maximum Gasteiger partial charge on any atom is 0.416 e. The summed E-state index contributed by atoms with van der Waals surface area (Å²) in [4.78, 5) is 2.45. The number of nitriles is 1. The first-order valence-electron chi connectivity index (χ1n) is 9.51. The molecule has 128 valence electrons. The van der Waals surface area contributed by atoms with Crippen LogP contribution in [0.1, 0.15) is 86.0 Å². The summed E-state index contributed by atoms with van der Waals surface area (Å²) in [5, 5.41) is 9.70. The Morgan fingerprint density at radius 3 is 2.30 bits per heavy atom. The van der Waals surface area contributed by atoms with E-state index in [1.807, 2.05) is 0 Å². The Labute approximate surface area is 143 Å². The predicted molar refractivity (Wildman–Crippen MR) is 96.9 cm³/mol. The van der Waals surface area contributed by atoms with Crippen LogP contribution in [0.25, 0.3) is 0 Å². The summed E-state index contributed by atoms with van der Waals surface area (Å²) in [5.41, 5.74) is 2.25. The van der Waals surface area contributed by atoms with Crippen molar-refractivity contribution in [1.82, 2.24) is 4.81 Å². The summed E-state index contributed by atoms with van der Waals surface area (Å²) in [6, 6.07) is 3.33. The van der Waals surface area contributed by atoms with Crippen LogP contribution in [0, 0.1) is 11.3 Å². The van der Waals surface area contributed by atoms with Gasteiger partial charge in [-0.25, -0.2) is 0 Å². The largest absolute Gasteiger partial charge is 0.416 e. The van der Waals surface area contributed by atoms with E-state index in [1.54, 1.807) is 0 Å². The average Bonchev–Trinajstić information content (AvgIpc) is 2.83. The van der Waals surface area contributed by atoms with Crippen LogP contribution in [0.3, 0.4) is 0 Å². The average molecular weight is 316 g/mol. The van der Waals surface area contributed by atoms with E-state index in [4.69, 9.17) is 4.65 Å². The van der Waals surface area contributed by atoms with Crippen molar-refractivity contribution in [1.29, 1.82) is 5.26 Å². The van der Waals surface area contributed by atoms with E-state index in [0.717, 1.165) is 37.7 Å². The van der Waals surface area contributed by atoms with Crippen molar-refractivity contribution in [3.05, 3.63) is 11.0 Å². The SMILES string of the molecule is CCC/C(C#N)=C1/CC2(CCCCC2)OB1N(C(C)C)C(C)C. The van der Waals surface area contributed by atoms with E-state index in [1.165, 1.54) is 24.7 Å². The minimum Gasteiger partial charge on any atom is -0.412 e. The molecule has 0 aromatic rings. The number of hydrogen-bond acceptors (Lipinski definition) is 3. The molecule has 2 aliphatic rings. The molecule has 0 aromatic carbocycles. The molecule has 1 saturated carbocycles. The van der Waals surface area contributed by atoms with Crippen molar-refractivity contribution in [2.75, 3.05) is 0 Å². The maximum atomic E-state index is 9.70. The smallest absolute Gasteiger partial charge is 0.412 e. The third-order valence-corrected chi connectivity index (χ3v) is 5.42. The molecule has 4 heteroatoms. The molecule has 3 nitrogen and oxygen atoms in total. The van der Waals surface area contributed by atoms with Gasteiger partial charge < -0.3 is 9.47 Å². The minimum atomic E-state index is -0.00528. The lowest BCUT2D eigenvalue weighted by atomic mass is 9.66. The first-order valence-corrected chi connectivity index (χ1v) is 9.51. The van der Waals surface area contributed by atoms with Gasteiger partial charge in [-0.05, 0) is 43.2 Å². The van der Waals surface area contributed by atoms with Crippen LogP contribution in [0.15, 0.2) is 11.0 Å². The second kappa shape index (κ2) is 7.86. The number of nitrogens with zero attached hydrogens (tertiary/aromatic N) is 2. The molecule has 1 heterocycles. The number of rotatable bonds is 5. The zero-order chi connectivity index (χ0) is 17.0. The van der Waals surface area contributed by atoms with Gasteiger partial charge in [0.15, 0.2) is 0 Å². The third-order valence-electron chi connectivity index (χ3n) is 5.42. The second-order valence-electron chi connectivity index (χ2n) is 7.89. The van der Waals surface area contributed by atoms with Crippen molar-refractivity contribution < 1.29 is 4.65 Å². The van der Waals surface area contributed by atoms with Crippen LogP contribution in [-0.2, 0) is 4.65 Å². The van der Waals surface area contributed by atoms with Crippen LogP contribution in [0.2, 0.25) is 0 Å². The van der Waals surface area contributed by atoms with Gasteiger partial charge in [0.2, 0.25) is 0 Å². The van der Waals surface area contributed by atoms with Crippen LogP contribution in [-0.4, -0.2) is 29.5 Å². The van der Waals surface area contributed by atoms with Crippen molar-refractivity contribution in [2.45, 2.75) is 104 Å². The molecule has 1 aliphatic carbocycles. The van der Waals surface area contributed by atoms with Gasteiger partial charge in [-0.3, -0.25) is 0 Å². The van der Waals surface area contributed by atoms with Gasteiger partial charge >= 0.3 is 7.05 Å². The summed E-state index contributed by atoms with van der Waals surface area (Å²) in [6.07, 6.45) is 9.03. The zero-order valence-corrected chi connectivity index (χ0v) is 15.7. The van der Waals surface area contributed by atoms with Gasteiger partial charge in [-0.1, -0.05) is 60.3 Å². The van der Waals surface area contributed by atoms with Crippen LogP contribution < -0.4 is 0 Å². The molecule has 0 unspecified atom stereocenters. The van der Waals surface area contributed by atoms with Gasteiger partial charge in [-0.15, -0.1) is 0 Å². The van der Waals surface area contributed by atoms with E-state index >= 15 is 0 Å². The highest BCUT2D eigenvalue weighted by Gasteiger charge is 2.50. The summed E-state index contributed by atoms with van der Waals surface area (Å²) in [6.45, 7) is 11.1. The molecule has 1 aliphatic heterocycles. The fourth-order valence-electron chi connectivity index (χ4n) is 4.45. The van der Waals surface area contributed by atoms with Gasteiger partial charge in [-0.2, -0.15) is 5.26 Å². The molecular weight excluding hydrogens is 283 g/mol. The first kappa shape index (κ1) is 18.6. The predicted octanol–water partition coefficient (Wildman–Crippen LogP) is 4.88. The highest BCUT2D eigenvalue weighted by atomic mass is 16.5. The summed E-state index contributed by atoms with van der Waals surface area (Å²) >= 11 is 0. The Bertz CT molecular complexity index is 464. The number of hydrogen-bond donors (Lipinski definition) is 0.